The van der Waals surface area contributed by atoms with Gasteiger partial charge in [-0.15, -0.1) is 0 Å². The molecule has 30 heavy (non-hydrogen) atoms. The summed E-state index contributed by atoms with van der Waals surface area (Å²) < 4.78 is 0. The van der Waals surface area contributed by atoms with Gasteiger partial charge in [0, 0.05) is 31.3 Å². The second-order valence-electron chi connectivity index (χ2n) is 6.69. The van der Waals surface area contributed by atoms with Gasteiger partial charge in [0.05, 0.1) is 6.54 Å². The molecule has 0 fully saturated rings. The summed E-state index contributed by atoms with van der Waals surface area (Å²) in [6.45, 7) is 4.06. The number of carbonyl (C=O) groups is 1. The van der Waals surface area contributed by atoms with E-state index in [9.17, 15) is 4.79 Å². The van der Waals surface area contributed by atoms with Gasteiger partial charge in [0.25, 0.3) is 5.91 Å². The van der Waals surface area contributed by atoms with Crippen molar-refractivity contribution in [2.75, 3.05) is 20.1 Å². The van der Waals surface area contributed by atoms with Crippen LogP contribution in [0.5, 0.6) is 0 Å². The number of nitrogens with one attached hydrogen (secondary N) is 4. The molecule has 0 aliphatic carbocycles. The molecule has 0 saturated carbocycles. The number of benzene rings is 2. The van der Waals surface area contributed by atoms with E-state index in [1.807, 2.05) is 49.4 Å². The van der Waals surface area contributed by atoms with E-state index in [4.69, 9.17) is 0 Å². The molecule has 1 amide bonds. The quantitative estimate of drug-likeness (QED) is 0.339. The van der Waals surface area contributed by atoms with Crippen LogP contribution in [0.3, 0.4) is 0 Å². The number of amides is 1. The van der Waals surface area contributed by atoms with Crippen LogP contribution in [-0.2, 0) is 13.0 Å². The topological polar surface area (TPSA) is 107 Å². The average Bonchev–Trinajstić information content (AvgIpc) is 3.32. The number of hydrogen-bond acceptors (Lipinski definition) is 4. The minimum atomic E-state index is -0.0766. The first-order valence-corrected chi connectivity index (χ1v) is 9.97. The summed E-state index contributed by atoms with van der Waals surface area (Å²) in [5.74, 6) is 1.42. The van der Waals surface area contributed by atoms with Crippen LogP contribution in [0.1, 0.15) is 28.4 Å². The molecule has 4 N–H and O–H groups in total. The molecule has 1 heterocycles. The SMILES string of the molecule is CCNC(=NCc1cccc(-c2ncn[nH]2)c1)NCCc1cccc(C(=O)NC)c1. The van der Waals surface area contributed by atoms with Gasteiger partial charge in [-0.25, -0.2) is 9.98 Å². The monoisotopic (exact) mass is 405 g/mol. The lowest BCUT2D eigenvalue weighted by atomic mass is 10.1. The summed E-state index contributed by atoms with van der Waals surface area (Å²) in [6, 6.07) is 15.7. The summed E-state index contributed by atoms with van der Waals surface area (Å²) in [7, 11) is 1.64. The predicted octanol–water partition coefficient (Wildman–Crippen LogP) is 2.13. The Morgan fingerprint density at radius 2 is 1.93 bits per heavy atom. The maximum atomic E-state index is 11.8. The molecule has 0 saturated heterocycles. The van der Waals surface area contributed by atoms with Crippen molar-refractivity contribution in [2.24, 2.45) is 4.99 Å². The highest BCUT2D eigenvalue weighted by Crippen LogP contribution is 2.15. The lowest BCUT2D eigenvalue weighted by Gasteiger charge is -2.12. The van der Waals surface area contributed by atoms with E-state index in [2.05, 4.69) is 42.2 Å². The standard InChI is InChI=1S/C22H27N7O/c1-3-24-22(25-11-10-16-6-4-9-19(12-16)21(30)23-2)26-14-17-7-5-8-18(13-17)20-27-15-28-29-20/h4-9,12-13,15H,3,10-11,14H2,1-2H3,(H,23,30)(H2,24,25,26)(H,27,28,29). The van der Waals surface area contributed by atoms with Crippen molar-refractivity contribution in [2.45, 2.75) is 19.9 Å². The Balaban J connectivity index is 1.59. The van der Waals surface area contributed by atoms with E-state index in [0.717, 1.165) is 41.4 Å². The number of H-pyrrole nitrogens is 1. The maximum absolute atomic E-state index is 11.8. The molecule has 3 rings (SSSR count). The Kier molecular flexibility index (Phi) is 7.54. The minimum absolute atomic E-state index is 0.0766. The molecule has 3 aromatic rings. The maximum Gasteiger partial charge on any atom is 0.251 e. The molecule has 0 unspecified atom stereocenters. The first kappa shape index (κ1) is 21.0. The normalized spacial score (nSPS) is 11.2. The smallest absolute Gasteiger partial charge is 0.251 e. The number of nitrogens with zero attached hydrogens (tertiary/aromatic N) is 3. The first-order valence-electron chi connectivity index (χ1n) is 9.97. The number of guanidine groups is 1. The summed E-state index contributed by atoms with van der Waals surface area (Å²) in [4.78, 5) is 20.7. The van der Waals surface area contributed by atoms with Crippen LogP contribution in [0.25, 0.3) is 11.4 Å². The third-order valence-electron chi connectivity index (χ3n) is 4.50. The fourth-order valence-corrected chi connectivity index (χ4v) is 3.01. The van der Waals surface area contributed by atoms with Gasteiger partial charge in [0.1, 0.15) is 6.33 Å². The molecule has 0 bridgehead atoms. The molecule has 0 aliphatic rings. The molecular weight excluding hydrogens is 378 g/mol. The number of rotatable bonds is 8. The number of aromatic amines is 1. The van der Waals surface area contributed by atoms with Crippen LogP contribution in [0.2, 0.25) is 0 Å². The van der Waals surface area contributed by atoms with Crippen LogP contribution in [0.4, 0.5) is 0 Å². The fourth-order valence-electron chi connectivity index (χ4n) is 3.01. The third-order valence-corrected chi connectivity index (χ3v) is 4.50. The zero-order valence-corrected chi connectivity index (χ0v) is 17.3. The second-order valence-corrected chi connectivity index (χ2v) is 6.69. The van der Waals surface area contributed by atoms with E-state index in [1.54, 1.807) is 7.05 Å². The summed E-state index contributed by atoms with van der Waals surface area (Å²) in [5.41, 5.74) is 3.83. The van der Waals surface area contributed by atoms with Crippen molar-refractivity contribution < 1.29 is 4.79 Å². The third kappa shape index (κ3) is 5.91. The molecular formula is C22H27N7O. The zero-order chi connectivity index (χ0) is 21.2. The minimum Gasteiger partial charge on any atom is -0.357 e. The van der Waals surface area contributed by atoms with Crippen molar-refractivity contribution in [3.8, 4) is 11.4 Å². The fraction of sp³-hybridized carbons (Fsp3) is 0.273. The molecule has 0 spiro atoms. The van der Waals surface area contributed by atoms with E-state index < -0.39 is 0 Å². The van der Waals surface area contributed by atoms with Gasteiger partial charge in [-0.3, -0.25) is 9.89 Å². The Hall–Kier alpha value is -3.68. The molecule has 1 aromatic heterocycles. The predicted molar refractivity (Wildman–Crippen MR) is 118 cm³/mol. The molecule has 0 radical (unpaired) electrons. The van der Waals surface area contributed by atoms with Crippen LogP contribution in [-0.4, -0.2) is 47.2 Å². The van der Waals surface area contributed by atoms with Crippen LogP contribution in [0, 0.1) is 0 Å². The Morgan fingerprint density at radius 1 is 1.10 bits per heavy atom. The van der Waals surface area contributed by atoms with Gasteiger partial charge in [-0.1, -0.05) is 30.3 Å². The number of carbonyl (C=O) groups excluding carboxylic acids is 1. The van der Waals surface area contributed by atoms with Crippen molar-refractivity contribution >= 4 is 11.9 Å². The van der Waals surface area contributed by atoms with Crippen LogP contribution in [0.15, 0.2) is 59.9 Å². The van der Waals surface area contributed by atoms with Gasteiger partial charge in [-0.2, -0.15) is 5.10 Å². The number of aromatic nitrogens is 3. The highest BCUT2D eigenvalue weighted by Gasteiger charge is 2.05. The van der Waals surface area contributed by atoms with Crippen molar-refractivity contribution in [1.29, 1.82) is 0 Å². The zero-order valence-electron chi connectivity index (χ0n) is 17.3. The van der Waals surface area contributed by atoms with Crippen LogP contribution < -0.4 is 16.0 Å². The summed E-state index contributed by atoms with van der Waals surface area (Å²) >= 11 is 0. The largest absolute Gasteiger partial charge is 0.357 e. The van der Waals surface area contributed by atoms with Gasteiger partial charge in [0.15, 0.2) is 11.8 Å². The molecule has 0 aliphatic heterocycles. The lowest BCUT2D eigenvalue weighted by Crippen LogP contribution is -2.38. The van der Waals surface area contributed by atoms with Gasteiger partial charge in [0.2, 0.25) is 0 Å². The highest BCUT2D eigenvalue weighted by atomic mass is 16.1. The molecule has 8 heteroatoms. The van der Waals surface area contributed by atoms with E-state index in [1.165, 1.54) is 6.33 Å². The molecule has 2 aromatic carbocycles. The van der Waals surface area contributed by atoms with Gasteiger partial charge < -0.3 is 16.0 Å². The van der Waals surface area contributed by atoms with Gasteiger partial charge >= 0.3 is 0 Å². The lowest BCUT2D eigenvalue weighted by molar-refractivity contribution is 0.0963. The second kappa shape index (κ2) is 10.8. The van der Waals surface area contributed by atoms with Crippen molar-refractivity contribution in [1.82, 2.24) is 31.1 Å². The van der Waals surface area contributed by atoms with Crippen molar-refractivity contribution in [3.63, 3.8) is 0 Å². The van der Waals surface area contributed by atoms with Gasteiger partial charge in [-0.05, 0) is 42.7 Å². The summed E-state index contributed by atoms with van der Waals surface area (Å²) in [5, 5.41) is 16.0. The van der Waals surface area contributed by atoms with E-state index in [0.29, 0.717) is 18.7 Å². The highest BCUT2D eigenvalue weighted by molar-refractivity contribution is 5.94. The first-order chi connectivity index (χ1) is 14.7. The average molecular weight is 406 g/mol. The molecule has 0 atom stereocenters. The Morgan fingerprint density at radius 3 is 2.70 bits per heavy atom. The Bertz CT molecular complexity index is 983. The molecule has 156 valence electrons. The van der Waals surface area contributed by atoms with E-state index in [-0.39, 0.29) is 5.91 Å². The van der Waals surface area contributed by atoms with Crippen LogP contribution >= 0.6 is 0 Å². The number of hydrogen-bond donors (Lipinski definition) is 4. The van der Waals surface area contributed by atoms with Crippen molar-refractivity contribution in [3.05, 3.63) is 71.5 Å². The van der Waals surface area contributed by atoms with E-state index >= 15 is 0 Å². The number of aliphatic imine (C=N–C) groups is 1. The molecule has 8 nitrogen and oxygen atoms in total. The Labute approximate surface area is 176 Å². The summed E-state index contributed by atoms with van der Waals surface area (Å²) in [6.07, 6.45) is 2.29.